The van der Waals surface area contributed by atoms with Crippen molar-refractivity contribution in [2.75, 3.05) is 14.2 Å². The zero-order valence-electron chi connectivity index (χ0n) is 12.8. The Morgan fingerprint density at radius 3 is 2.33 bits per heavy atom. The first-order valence-electron chi connectivity index (χ1n) is 6.92. The molecule has 0 bridgehead atoms. The van der Waals surface area contributed by atoms with E-state index in [1.54, 1.807) is 18.2 Å². The van der Waals surface area contributed by atoms with E-state index in [2.05, 4.69) is 4.98 Å². The number of hydrogen-bond donors (Lipinski definition) is 2. The predicted molar refractivity (Wildman–Crippen MR) is 94.8 cm³/mol. The molecule has 0 fully saturated rings. The first-order valence-corrected chi connectivity index (χ1v) is 7.68. The molecular formula is C17H13Cl2NO4. The molecule has 0 atom stereocenters. The Balaban J connectivity index is 2.35. The molecule has 3 aromatic rings. The Morgan fingerprint density at radius 2 is 1.71 bits per heavy atom. The largest absolute Gasteiger partial charge is 0.503 e. The minimum absolute atomic E-state index is 0.210. The number of H-pyrrole nitrogens is 1. The first-order chi connectivity index (χ1) is 11.5. The highest BCUT2D eigenvalue weighted by molar-refractivity contribution is 6.36. The maximum atomic E-state index is 12.5. The van der Waals surface area contributed by atoms with Gasteiger partial charge in [0.1, 0.15) is 0 Å². The van der Waals surface area contributed by atoms with Crippen LogP contribution in [0.2, 0.25) is 10.0 Å². The summed E-state index contributed by atoms with van der Waals surface area (Å²) in [4.78, 5) is 15.6. The number of aromatic nitrogens is 1. The molecule has 5 nitrogen and oxygen atoms in total. The highest BCUT2D eigenvalue weighted by Gasteiger charge is 2.17. The summed E-state index contributed by atoms with van der Waals surface area (Å²) in [5, 5.41) is 11.4. The summed E-state index contributed by atoms with van der Waals surface area (Å²) in [5.74, 6) is 0.422. The quantitative estimate of drug-likeness (QED) is 0.728. The number of methoxy groups -OCH3 is 2. The zero-order valence-corrected chi connectivity index (χ0v) is 14.3. The van der Waals surface area contributed by atoms with Crippen LogP contribution in [0.3, 0.4) is 0 Å². The SMILES string of the molecule is COc1cc2[nH]c(-c3ccc(Cl)cc3Cl)c(O)c(=O)c2cc1OC. The number of ether oxygens (including phenoxy) is 2. The van der Waals surface area contributed by atoms with Gasteiger partial charge in [0.05, 0.1) is 35.8 Å². The maximum Gasteiger partial charge on any atom is 0.231 e. The smallest absolute Gasteiger partial charge is 0.231 e. The lowest BCUT2D eigenvalue weighted by atomic mass is 10.1. The van der Waals surface area contributed by atoms with Crippen molar-refractivity contribution >= 4 is 34.1 Å². The zero-order chi connectivity index (χ0) is 17.4. The van der Waals surface area contributed by atoms with Gasteiger partial charge in [-0.2, -0.15) is 0 Å². The predicted octanol–water partition coefficient (Wildman–Crippen LogP) is 4.22. The first kappa shape index (κ1) is 16.5. The Bertz CT molecular complexity index is 998. The van der Waals surface area contributed by atoms with Crippen LogP contribution in [0.5, 0.6) is 17.2 Å². The van der Waals surface area contributed by atoms with Gasteiger partial charge in [0.25, 0.3) is 0 Å². The van der Waals surface area contributed by atoms with Crippen LogP contribution in [-0.2, 0) is 0 Å². The van der Waals surface area contributed by atoms with Crippen LogP contribution in [0, 0.1) is 0 Å². The average Bonchev–Trinajstić information content (AvgIpc) is 2.57. The Hall–Kier alpha value is -2.37. The minimum atomic E-state index is -0.536. The summed E-state index contributed by atoms with van der Waals surface area (Å²) in [7, 11) is 2.97. The highest BCUT2D eigenvalue weighted by Crippen LogP contribution is 2.36. The summed E-state index contributed by atoms with van der Waals surface area (Å²) < 4.78 is 10.4. The van der Waals surface area contributed by atoms with E-state index < -0.39 is 11.2 Å². The standard InChI is InChI=1S/C17H13Cl2NO4/c1-23-13-6-10-12(7-14(13)24-2)20-15(17(22)16(10)21)9-4-3-8(18)5-11(9)19/h3-7,22H,1-2H3,(H,20,21). The Labute approximate surface area is 147 Å². The van der Waals surface area contributed by atoms with Gasteiger partial charge in [0, 0.05) is 16.7 Å². The van der Waals surface area contributed by atoms with Crippen molar-refractivity contribution in [3.05, 3.63) is 50.6 Å². The summed E-state index contributed by atoms with van der Waals surface area (Å²) >= 11 is 12.1. The van der Waals surface area contributed by atoms with E-state index in [0.29, 0.717) is 32.6 Å². The van der Waals surface area contributed by atoms with Crippen molar-refractivity contribution in [1.82, 2.24) is 4.98 Å². The molecule has 2 aromatic carbocycles. The van der Waals surface area contributed by atoms with Gasteiger partial charge >= 0.3 is 0 Å². The van der Waals surface area contributed by atoms with E-state index in [1.807, 2.05) is 0 Å². The lowest BCUT2D eigenvalue weighted by Crippen LogP contribution is -2.06. The van der Waals surface area contributed by atoms with Crippen molar-refractivity contribution in [2.24, 2.45) is 0 Å². The van der Waals surface area contributed by atoms with E-state index in [0.717, 1.165) is 0 Å². The van der Waals surface area contributed by atoms with Gasteiger partial charge < -0.3 is 19.6 Å². The monoisotopic (exact) mass is 365 g/mol. The topological polar surface area (TPSA) is 71.5 Å². The van der Waals surface area contributed by atoms with Crippen LogP contribution >= 0.6 is 23.2 Å². The van der Waals surface area contributed by atoms with Crippen molar-refractivity contribution in [3.8, 4) is 28.5 Å². The van der Waals surface area contributed by atoms with Crippen LogP contribution in [0.1, 0.15) is 0 Å². The molecule has 2 N–H and O–H groups in total. The van der Waals surface area contributed by atoms with E-state index in [-0.39, 0.29) is 11.1 Å². The number of rotatable bonds is 3. The van der Waals surface area contributed by atoms with E-state index >= 15 is 0 Å². The van der Waals surface area contributed by atoms with E-state index in [9.17, 15) is 9.90 Å². The van der Waals surface area contributed by atoms with Crippen LogP contribution in [0.15, 0.2) is 35.1 Å². The van der Waals surface area contributed by atoms with Gasteiger partial charge in [-0.05, 0) is 24.3 Å². The van der Waals surface area contributed by atoms with Crippen molar-refractivity contribution in [1.29, 1.82) is 0 Å². The molecule has 24 heavy (non-hydrogen) atoms. The molecule has 0 radical (unpaired) electrons. The molecule has 0 unspecified atom stereocenters. The van der Waals surface area contributed by atoms with Gasteiger partial charge in [-0.15, -0.1) is 0 Å². The summed E-state index contributed by atoms with van der Waals surface area (Å²) in [6.07, 6.45) is 0. The number of nitrogens with one attached hydrogen (secondary N) is 1. The number of fused-ring (bicyclic) bond motifs is 1. The number of halogens is 2. The fourth-order valence-electron chi connectivity index (χ4n) is 2.49. The molecule has 0 saturated heterocycles. The Morgan fingerprint density at radius 1 is 1.04 bits per heavy atom. The molecule has 0 aliphatic rings. The lowest BCUT2D eigenvalue weighted by Gasteiger charge is -2.12. The summed E-state index contributed by atoms with van der Waals surface area (Å²) in [6, 6.07) is 7.93. The minimum Gasteiger partial charge on any atom is -0.503 e. The van der Waals surface area contributed by atoms with E-state index in [4.69, 9.17) is 32.7 Å². The number of aromatic amines is 1. The molecule has 0 saturated carbocycles. The molecule has 0 aliphatic heterocycles. The molecule has 1 heterocycles. The van der Waals surface area contributed by atoms with Crippen molar-refractivity contribution in [3.63, 3.8) is 0 Å². The molecule has 124 valence electrons. The van der Waals surface area contributed by atoms with Gasteiger partial charge in [-0.3, -0.25) is 4.79 Å². The third-order valence-electron chi connectivity index (χ3n) is 3.68. The molecule has 1 aromatic heterocycles. The molecular weight excluding hydrogens is 353 g/mol. The molecule has 0 aliphatic carbocycles. The van der Waals surface area contributed by atoms with Crippen LogP contribution in [0.4, 0.5) is 0 Å². The number of hydrogen-bond acceptors (Lipinski definition) is 4. The molecule has 7 heteroatoms. The maximum absolute atomic E-state index is 12.5. The average molecular weight is 366 g/mol. The van der Waals surface area contributed by atoms with Crippen LogP contribution < -0.4 is 14.9 Å². The third kappa shape index (κ3) is 2.66. The normalized spacial score (nSPS) is 10.8. The molecule has 0 spiro atoms. The van der Waals surface area contributed by atoms with Crippen molar-refractivity contribution < 1.29 is 14.6 Å². The van der Waals surface area contributed by atoms with Gasteiger partial charge in [-0.1, -0.05) is 23.2 Å². The second-order valence-electron chi connectivity index (χ2n) is 5.05. The number of aromatic hydroxyl groups is 1. The molecule has 3 rings (SSSR count). The van der Waals surface area contributed by atoms with Crippen molar-refractivity contribution in [2.45, 2.75) is 0 Å². The second kappa shape index (κ2) is 6.26. The third-order valence-corrected chi connectivity index (χ3v) is 4.23. The van der Waals surface area contributed by atoms with Crippen LogP contribution in [0.25, 0.3) is 22.2 Å². The highest BCUT2D eigenvalue weighted by atomic mass is 35.5. The number of pyridine rings is 1. The van der Waals surface area contributed by atoms with Gasteiger partial charge in [0.15, 0.2) is 17.2 Å². The summed E-state index contributed by atoms with van der Waals surface area (Å²) in [6.45, 7) is 0. The van der Waals surface area contributed by atoms with Crippen LogP contribution in [-0.4, -0.2) is 24.3 Å². The lowest BCUT2D eigenvalue weighted by molar-refractivity contribution is 0.355. The Kier molecular flexibility index (Phi) is 4.30. The second-order valence-corrected chi connectivity index (χ2v) is 5.90. The number of benzene rings is 2. The van der Waals surface area contributed by atoms with Gasteiger partial charge in [0.2, 0.25) is 5.43 Å². The summed E-state index contributed by atoms with van der Waals surface area (Å²) in [5.41, 5.74) is 0.621. The van der Waals surface area contributed by atoms with Gasteiger partial charge in [-0.25, -0.2) is 0 Å². The molecule has 0 amide bonds. The fourth-order valence-corrected chi connectivity index (χ4v) is 3.00. The van der Waals surface area contributed by atoms with E-state index in [1.165, 1.54) is 26.4 Å². The fraction of sp³-hybridized carbons (Fsp3) is 0.118.